The first kappa shape index (κ1) is 75.4. The molecule has 0 heterocycles. The van der Waals surface area contributed by atoms with Crippen molar-refractivity contribution in [1.82, 2.24) is 0 Å². The smallest absolute Gasteiger partial charge is 0.306 e. The maximum Gasteiger partial charge on any atom is 0.306 e. The normalized spacial score (nSPS) is 12.3. The van der Waals surface area contributed by atoms with Crippen LogP contribution in [0.5, 0.6) is 0 Å². The van der Waals surface area contributed by atoms with E-state index in [0.717, 1.165) is 77.0 Å². The van der Waals surface area contributed by atoms with Crippen molar-refractivity contribution in [2.75, 3.05) is 13.2 Å². The second-order valence-corrected chi connectivity index (χ2v) is 23.4. The van der Waals surface area contributed by atoms with E-state index in [2.05, 4.69) is 69.4 Å². The van der Waals surface area contributed by atoms with Gasteiger partial charge in [0.05, 0.1) is 0 Å². The molecule has 0 aromatic rings. The summed E-state index contributed by atoms with van der Waals surface area (Å²) in [6.45, 7) is 6.67. The van der Waals surface area contributed by atoms with Crippen molar-refractivity contribution in [2.45, 2.75) is 380 Å². The third kappa shape index (κ3) is 64.2. The summed E-state index contributed by atoms with van der Waals surface area (Å²) in [5, 5.41) is 0. The molecular weight excluding hydrogens is 961 g/mol. The SMILES string of the molecule is CCCCCC/C=C\C/C=C\CCCCCCCC(=O)OCC(COC(=O)CCCCCCCCCCCCC/C=C\CCCCCCCCCC)OC(=O)CCCCCCCCCCC/C=C\CCCCCCCCCC. The highest BCUT2D eigenvalue weighted by Gasteiger charge is 2.19. The van der Waals surface area contributed by atoms with Crippen molar-refractivity contribution in [1.29, 1.82) is 0 Å². The molecule has 456 valence electrons. The minimum Gasteiger partial charge on any atom is -0.462 e. The third-order valence-electron chi connectivity index (χ3n) is 15.5. The summed E-state index contributed by atoms with van der Waals surface area (Å²) in [4.78, 5) is 38.4. The van der Waals surface area contributed by atoms with E-state index in [4.69, 9.17) is 14.2 Å². The molecule has 0 spiro atoms. The Balaban J connectivity index is 4.33. The monoisotopic (exact) mass is 1090 g/mol. The number of hydrogen-bond donors (Lipinski definition) is 0. The predicted molar refractivity (Wildman–Crippen MR) is 339 cm³/mol. The van der Waals surface area contributed by atoms with Crippen LogP contribution in [0.2, 0.25) is 0 Å². The van der Waals surface area contributed by atoms with Crippen LogP contribution in [0.1, 0.15) is 374 Å². The summed E-state index contributed by atoms with van der Waals surface area (Å²) in [7, 11) is 0. The van der Waals surface area contributed by atoms with E-state index in [1.54, 1.807) is 0 Å². The van der Waals surface area contributed by atoms with Gasteiger partial charge in [-0.05, 0) is 103 Å². The van der Waals surface area contributed by atoms with E-state index in [1.807, 2.05) is 0 Å². The Morgan fingerprint density at radius 3 is 0.731 bits per heavy atom. The lowest BCUT2D eigenvalue weighted by molar-refractivity contribution is -0.167. The van der Waals surface area contributed by atoms with Gasteiger partial charge in [-0.2, -0.15) is 0 Å². The molecule has 0 amide bonds. The molecule has 0 aromatic heterocycles. The Bertz CT molecular complexity index is 1350. The van der Waals surface area contributed by atoms with Gasteiger partial charge < -0.3 is 14.2 Å². The average molecular weight is 1090 g/mol. The summed E-state index contributed by atoms with van der Waals surface area (Å²) >= 11 is 0. The summed E-state index contributed by atoms with van der Waals surface area (Å²) in [5.74, 6) is -0.870. The van der Waals surface area contributed by atoms with E-state index in [1.165, 1.54) is 257 Å². The molecular formula is C72H132O6. The number of ether oxygens (including phenoxy) is 3. The number of hydrogen-bond acceptors (Lipinski definition) is 6. The van der Waals surface area contributed by atoms with Gasteiger partial charge in [0.15, 0.2) is 6.10 Å². The van der Waals surface area contributed by atoms with Gasteiger partial charge in [0.2, 0.25) is 0 Å². The van der Waals surface area contributed by atoms with Crippen LogP contribution < -0.4 is 0 Å². The van der Waals surface area contributed by atoms with E-state index < -0.39 is 6.10 Å². The fraction of sp³-hybridized carbons (Fsp3) is 0.847. The van der Waals surface area contributed by atoms with Crippen molar-refractivity contribution in [3.05, 3.63) is 48.6 Å². The topological polar surface area (TPSA) is 78.9 Å². The predicted octanol–water partition coefficient (Wildman–Crippen LogP) is 23.7. The van der Waals surface area contributed by atoms with Gasteiger partial charge in [0, 0.05) is 19.3 Å². The van der Waals surface area contributed by atoms with Crippen LogP contribution in [0, 0.1) is 0 Å². The zero-order chi connectivity index (χ0) is 56.4. The van der Waals surface area contributed by atoms with Crippen molar-refractivity contribution in [3.63, 3.8) is 0 Å². The molecule has 78 heavy (non-hydrogen) atoms. The first-order valence-corrected chi connectivity index (χ1v) is 34.6. The molecule has 0 N–H and O–H groups in total. The largest absolute Gasteiger partial charge is 0.462 e. The Labute approximate surface area is 486 Å². The molecule has 0 aromatic carbocycles. The third-order valence-corrected chi connectivity index (χ3v) is 15.5. The van der Waals surface area contributed by atoms with Gasteiger partial charge in [-0.25, -0.2) is 0 Å². The summed E-state index contributed by atoms with van der Waals surface area (Å²) in [5.41, 5.74) is 0. The van der Waals surface area contributed by atoms with E-state index in [0.29, 0.717) is 19.3 Å². The lowest BCUT2D eigenvalue weighted by Gasteiger charge is -2.18. The van der Waals surface area contributed by atoms with Crippen LogP contribution in [0.15, 0.2) is 48.6 Å². The molecule has 1 atom stereocenters. The average Bonchev–Trinajstić information content (AvgIpc) is 3.44. The minimum atomic E-state index is -0.781. The van der Waals surface area contributed by atoms with Gasteiger partial charge in [-0.1, -0.05) is 301 Å². The Kier molecular flexibility index (Phi) is 64.6. The number of esters is 3. The van der Waals surface area contributed by atoms with Gasteiger partial charge in [0.1, 0.15) is 13.2 Å². The number of rotatable bonds is 64. The molecule has 0 radical (unpaired) electrons. The molecule has 0 aliphatic carbocycles. The van der Waals surface area contributed by atoms with Crippen LogP contribution in [0.3, 0.4) is 0 Å². The van der Waals surface area contributed by atoms with Gasteiger partial charge in [-0.15, -0.1) is 0 Å². The van der Waals surface area contributed by atoms with Crippen molar-refractivity contribution in [3.8, 4) is 0 Å². The van der Waals surface area contributed by atoms with Gasteiger partial charge >= 0.3 is 17.9 Å². The Hall–Kier alpha value is -2.63. The van der Waals surface area contributed by atoms with E-state index in [9.17, 15) is 14.4 Å². The lowest BCUT2D eigenvalue weighted by Crippen LogP contribution is -2.30. The zero-order valence-electron chi connectivity index (χ0n) is 52.5. The quantitative estimate of drug-likeness (QED) is 0.0261. The highest BCUT2D eigenvalue weighted by molar-refractivity contribution is 5.71. The lowest BCUT2D eigenvalue weighted by atomic mass is 10.0. The summed E-state index contributed by atoms with van der Waals surface area (Å²) in [6, 6.07) is 0. The second kappa shape index (κ2) is 66.9. The fourth-order valence-corrected chi connectivity index (χ4v) is 10.3. The van der Waals surface area contributed by atoms with E-state index >= 15 is 0 Å². The molecule has 0 rings (SSSR count). The molecule has 0 aliphatic heterocycles. The first-order valence-electron chi connectivity index (χ1n) is 34.6. The van der Waals surface area contributed by atoms with Crippen LogP contribution in [0.4, 0.5) is 0 Å². The number of carbonyl (C=O) groups excluding carboxylic acids is 3. The standard InChI is InChI=1S/C72H132O6/c1-4-7-10-13-16-19-22-25-28-31-33-35-36-38-39-41-44-47-50-53-56-59-62-65-71(74)77-68-69(67-76-70(73)64-61-58-55-52-49-46-43-30-27-24-21-18-15-12-9-6-3)78-72(75)66-63-60-57-54-51-48-45-42-40-37-34-32-29-26-23-20-17-14-11-8-5-2/h21,24,30-34,43,69H,4-20,22-23,25-29,35-42,44-68H2,1-3H3/b24-21-,33-31-,34-32-,43-30-. The maximum absolute atomic E-state index is 12.9. The highest BCUT2D eigenvalue weighted by Crippen LogP contribution is 2.17. The van der Waals surface area contributed by atoms with Gasteiger partial charge in [0.25, 0.3) is 0 Å². The van der Waals surface area contributed by atoms with Crippen molar-refractivity contribution >= 4 is 17.9 Å². The Morgan fingerprint density at radius 2 is 0.462 bits per heavy atom. The van der Waals surface area contributed by atoms with Gasteiger partial charge in [-0.3, -0.25) is 14.4 Å². The molecule has 0 saturated carbocycles. The first-order chi connectivity index (χ1) is 38.5. The van der Waals surface area contributed by atoms with Crippen molar-refractivity contribution < 1.29 is 28.6 Å². The number of carbonyl (C=O) groups is 3. The molecule has 0 bridgehead atoms. The van der Waals surface area contributed by atoms with E-state index in [-0.39, 0.29) is 31.1 Å². The van der Waals surface area contributed by atoms with Crippen LogP contribution in [0.25, 0.3) is 0 Å². The van der Waals surface area contributed by atoms with Crippen LogP contribution >= 0.6 is 0 Å². The molecule has 1 unspecified atom stereocenters. The molecule has 0 saturated heterocycles. The fourth-order valence-electron chi connectivity index (χ4n) is 10.3. The highest BCUT2D eigenvalue weighted by atomic mass is 16.6. The minimum absolute atomic E-state index is 0.0761. The molecule has 0 aliphatic rings. The second-order valence-electron chi connectivity index (χ2n) is 23.4. The molecule has 6 heteroatoms. The molecule has 6 nitrogen and oxygen atoms in total. The Morgan fingerprint density at radius 1 is 0.256 bits per heavy atom. The number of allylic oxidation sites excluding steroid dienone is 8. The summed E-state index contributed by atoms with van der Waals surface area (Å²) in [6.07, 6.45) is 84.1. The maximum atomic E-state index is 12.9. The molecule has 0 fully saturated rings. The van der Waals surface area contributed by atoms with Crippen molar-refractivity contribution in [2.24, 2.45) is 0 Å². The summed E-state index contributed by atoms with van der Waals surface area (Å²) < 4.78 is 17.0. The van der Waals surface area contributed by atoms with Crippen LogP contribution in [-0.4, -0.2) is 37.2 Å². The number of unbranched alkanes of at least 4 members (excludes halogenated alkanes) is 45. The zero-order valence-corrected chi connectivity index (χ0v) is 52.5. The van der Waals surface area contributed by atoms with Crippen LogP contribution in [-0.2, 0) is 28.6 Å².